The lowest BCUT2D eigenvalue weighted by Crippen LogP contribution is -2.11. The molecule has 1 aromatic heterocycles. The van der Waals surface area contributed by atoms with Gasteiger partial charge >= 0.3 is 0 Å². The van der Waals surface area contributed by atoms with E-state index in [9.17, 15) is 4.79 Å². The third-order valence-electron chi connectivity index (χ3n) is 4.70. The Bertz CT molecular complexity index is 923. The average molecular weight is 443 g/mol. The maximum Gasteiger partial charge on any atom is 0.257 e. The van der Waals surface area contributed by atoms with E-state index >= 15 is 0 Å². The molecule has 0 fully saturated rings. The predicted octanol–water partition coefficient (Wildman–Crippen LogP) is 6.99. The SMILES string of the molecule is CCCCCCCOc1ccc(C(=O)Nc2ncc(Cc3ccc(Cl)cc3)s2)cc1. The van der Waals surface area contributed by atoms with Crippen LogP contribution in [0.25, 0.3) is 0 Å². The zero-order valence-electron chi connectivity index (χ0n) is 17.2. The second-order valence-electron chi connectivity index (χ2n) is 7.18. The monoisotopic (exact) mass is 442 g/mol. The summed E-state index contributed by atoms with van der Waals surface area (Å²) in [5, 5.41) is 4.19. The minimum Gasteiger partial charge on any atom is -0.494 e. The quantitative estimate of drug-likeness (QED) is 0.325. The van der Waals surface area contributed by atoms with Crippen molar-refractivity contribution < 1.29 is 9.53 Å². The van der Waals surface area contributed by atoms with Crippen molar-refractivity contribution in [2.75, 3.05) is 11.9 Å². The second kappa shape index (κ2) is 11.7. The Hall–Kier alpha value is -2.37. The van der Waals surface area contributed by atoms with Crippen molar-refractivity contribution in [2.45, 2.75) is 45.4 Å². The Balaban J connectivity index is 1.46. The number of carbonyl (C=O) groups is 1. The predicted molar refractivity (Wildman–Crippen MR) is 125 cm³/mol. The Morgan fingerprint density at radius 2 is 1.77 bits per heavy atom. The van der Waals surface area contributed by atoms with Crippen LogP contribution in [0.1, 0.15) is 59.8 Å². The standard InChI is InChI=1S/C24H27ClN2O2S/c1-2-3-4-5-6-15-29-21-13-9-19(10-14-21)23(28)27-24-26-17-22(30-24)16-18-7-11-20(25)12-8-18/h7-14,17H,2-6,15-16H2,1H3,(H,26,27,28). The summed E-state index contributed by atoms with van der Waals surface area (Å²) in [7, 11) is 0. The summed E-state index contributed by atoms with van der Waals surface area (Å²) >= 11 is 7.40. The maximum absolute atomic E-state index is 12.5. The van der Waals surface area contributed by atoms with Crippen LogP contribution in [0.15, 0.2) is 54.7 Å². The first kappa shape index (κ1) is 22.3. The van der Waals surface area contributed by atoms with Gasteiger partial charge in [0.05, 0.1) is 6.61 Å². The maximum atomic E-state index is 12.5. The van der Waals surface area contributed by atoms with Crippen LogP contribution >= 0.6 is 22.9 Å². The zero-order valence-corrected chi connectivity index (χ0v) is 18.8. The minimum absolute atomic E-state index is 0.173. The van der Waals surface area contributed by atoms with E-state index in [0.717, 1.165) is 34.1 Å². The molecule has 0 unspecified atom stereocenters. The molecule has 0 saturated carbocycles. The zero-order chi connectivity index (χ0) is 21.2. The van der Waals surface area contributed by atoms with Gasteiger partial charge in [-0.05, 0) is 48.4 Å². The summed E-state index contributed by atoms with van der Waals surface area (Å²) in [6.45, 7) is 2.92. The van der Waals surface area contributed by atoms with E-state index in [1.165, 1.54) is 37.0 Å². The normalized spacial score (nSPS) is 10.7. The first-order valence-corrected chi connectivity index (χ1v) is 11.6. The van der Waals surface area contributed by atoms with Gasteiger partial charge in [0.2, 0.25) is 0 Å². The van der Waals surface area contributed by atoms with E-state index < -0.39 is 0 Å². The number of benzene rings is 2. The first-order valence-electron chi connectivity index (χ1n) is 10.4. The number of halogens is 1. The lowest BCUT2D eigenvalue weighted by atomic mass is 10.1. The fourth-order valence-corrected chi connectivity index (χ4v) is 3.99. The fourth-order valence-electron chi connectivity index (χ4n) is 3.02. The molecule has 1 N–H and O–H groups in total. The van der Waals surface area contributed by atoms with E-state index in [4.69, 9.17) is 16.3 Å². The highest BCUT2D eigenvalue weighted by molar-refractivity contribution is 7.15. The van der Waals surface area contributed by atoms with Gasteiger partial charge in [0, 0.05) is 28.1 Å². The summed E-state index contributed by atoms with van der Waals surface area (Å²) in [5.74, 6) is 0.620. The molecular formula is C24H27ClN2O2S. The molecule has 0 radical (unpaired) electrons. The van der Waals surface area contributed by atoms with Crippen molar-refractivity contribution >= 4 is 34.0 Å². The van der Waals surface area contributed by atoms with E-state index in [1.54, 1.807) is 18.3 Å². The van der Waals surface area contributed by atoms with Gasteiger partial charge in [0.1, 0.15) is 5.75 Å². The Kier molecular flexibility index (Phi) is 8.72. The first-order chi connectivity index (χ1) is 14.6. The Morgan fingerprint density at radius 3 is 2.50 bits per heavy atom. The van der Waals surface area contributed by atoms with Crippen molar-refractivity contribution in [1.82, 2.24) is 4.98 Å². The number of carbonyl (C=O) groups excluding carboxylic acids is 1. The van der Waals surface area contributed by atoms with Gasteiger partial charge in [0.25, 0.3) is 5.91 Å². The number of rotatable bonds is 11. The lowest BCUT2D eigenvalue weighted by molar-refractivity contribution is 0.102. The summed E-state index contributed by atoms with van der Waals surface area (Å²) in [6.07, 6.45) is 8.60. The lowest BCUT2D eigenvalue weighted by Gasteiger charge is -2.07. The van der Waals surface area contributed by atoms with E-state index in [2.05, 4.69) is 17.2 Å². The van der Waals surface area contributed by atoms with Crippen LogP contribution in [0, 0.1) is 0 Å². The molecule has 0 spiro atoms. The number of anilines is 1. The molecule has 1 amide bonds. The van der Waals surface area contributed by atoms with Gasteiger partial charge in [0.15, 0.2) is 5.13 Å². The van der Waals surface area contributed by atoms with Crippen LogP contribution in [0.4, 0.5) is 5.13 Å². The van der Waals surface area contributed by atoms with E-state index in [-0.39, 0.29) is 5.91 Å². The number of hydrogen-bond donors (Lipinski definition) is 1. The molecule has 158 valence electrons. The Morgan fingerprint density at radius 1 is 1.03 bits per heavy atom. The molecule has 2 aromatic carbocycles. The van der Waals surface area contributed by atoms with Crippen molar-refractivity contribution in [3.05, 3.63) is 75.8 Å². The smallest absolute Gasteiger partial charge is 0.257 e. The summed E-state index contributed by atoms with van der Waals surface area (Å²) < 4.78 is 5.76. The number of aromatic nitrogens is 1. The number of nitrogens with one attached hydrogen (secondary N) is 1. The van der Waals surface area contributed by atoms with Crippen LogP contribution in [0.5, 0.6) is 5.75 Å². The third kappa shape index (κ3) is 7.15. The van der Waals surface area contributed by atoms with E-state index in [1.807, 2.05) is 36.4 Å². The van der Waals surface area contributed by atoms with Gasteiger partial charge in [-0.3, -0.25) is 10.1 Å². The van der Waals surface area contributed by atoms with Crippen LogP contribution < -0.4 is 10.1 Å². The molecule has 0 atom stereocenters. The van der Waals surface area contributed by atoms with Crippen LogP contribution in [0.2, 0.25) is 5.02 Å². The highest BCUT2D eigenvalue weighted by atomic mass is 35.5. The minimum atomic E-state index is -0.173. The molecule has 0 bridgehead atoms. The molecule has 0 aliphatic rings. The van der Waals surface area contributed by atoms with Crippen molar-refractivity contribution in [3.63, 3.8) is 0 Å². The molecule has 0 aliphatic heterocycles. The average Bonchev–Trinajstić information content (AvgIpc) is 3.19. The van der Waals surface area contributed by atoms with Gasteiger partial charge in [-0.1, -0.05) is 56.3 Å². The second-order valence-corrected chi connectivity index (χ2v) is 8.73. The summed E-state index contributed by atoms with van der Waals surface area (Å²) in [4.78, 5) is 17.9. The molecule has 4 nitrogen and oxygen atoms in total. The number of amides is 1. The van der Waals surface area contributed by atoms with Crippen LogP contribution in [-0.2, 0) is 6.42 Å². The molecule has 0 aliphatic carbocycles. The Labute approximate surface area is 187 Å². The van der Waals surface area contributed by atoms with Crippen molar-refractivity contribution in [3.8, 4) is 5.75 Å². The fraction of sp³-hybridized carbons (Fsp3) is 0.333. The van der Waals surface area contributed by atoms with E-state index in [0.29, 0.717) is 17.3 Å². The van der Waals surface area contributed by atoms with Gasteiger partial charge in [-0.2, -0.15) is 0 Å². The molecule has 6 heteroatoms. The van der Waals surface area contributed by atoms with Crippen LogP contribution in [0.3, 0.4) is 0 Å². The highest BCUT2D eigenvalue weighted by Gasteiger charge is 2.10. The van der Waals surface area contributed by atoms with Crippen molar-refractivity contribution in [2.24, 2.45) is 0 Å². The highest BCUT2D eigenvalue weighted by Crippen LogP contribution is 2.23. The molecule has 0 saturated heterocycles. The number of unbranched alkanes of at least 4 members (excludes halogenated alkanes) is 4. The summed E-state index contributed by atoms with van der Waals surface area (Å²) in [6, 6.07) is 15.0. The molecular weight excluding hydrogens is 416 g/mol. The molecule has 1 heterocycles. The topological polar surface area (TPSA) is 51.2 Å². The number of hydrogen-bond acceptors (Lipinski definition) is 4. The van der Waals surface area contributed by atoms with Gasteiger partial charge < -0.3 is 4.74 Å². The van der Waals surface area contributed by atoms with Gasteiger partial charge in [-0.15, -0.1) is 11.3 Å². The third-order valence-corrected chi connectivity index (χ3v) is 5.86. The largest absolute Gasteiger partial charge is 0.494 e. The number of nitrogens with zero attached hydrogens (tertiary/aromatic N) is 1. The summed E-state index contributed by atoms with van der Waals surface area (Å²) in [5.41, 5.74) is 1.74. The number of thiazole rings is 1. The van der Waals surface area contributed by atoms with Crippen molar-refractivity contribution in [1.29, 1.82) is 0 Å². The molecule has 3 aromatic rings. The van der Waals surface area contributed by atoms with Gasteiger partial charge in [-0.25, -0.2) is 4.98 Å². The molecule has 30 heavy (non-hydrogen) atoms. The number of ether oxygens (including phenoxy) is 1. The molecule has 3 rings (SSSR count). The van der Waals surface area contributed by atoms with Crippen LogP contribution in [-0.4, -0.2) is 17.5 Å².